The number of para-hydroxylation sites is 1. The van der Waals surface area contributed by atoms with E-state index in [2.05, 4.69) is 45.5 Å². The lowest BCUT2D eigenvalue weighted by atomic mass is 9.77. The molecule has 1 heterocycles. The van der Waals surface area contributed by atoms with Gasteiger partial charge in [-0.05, 0) is 41.7 Å². The topological polar surface area (TPSA) is 12.0 Å². The van der Waals surface area contributed by atoms with E-state index in [-0.39, 0.29) is 11.9 Å². The number of halogens is 2. The predicted molar refractivity (Wildman–Crippen MR) is 86.9 cm³/mol. The van der Waals surface area contributed by atoms with E-state index >= 15 is 0 Å². The van der Waals surface area contributed by atoms with Crippen molar-refractivity contribution >= 4 is 21.6 Å². The molecule has 2 aromatic rings. The van der Waals surface area contributed by atoms with Crippen LogP contribution in [-0.2, 0) is 0 Å². The number of benzene rings is 2. The number of hydrogen-bond donors (Lipinski definition) is 1. The summed E-state index contributed by atoms with van der Waals surface area (Å²) >= 11 is 3.53. The maximum absolute atomic E-state index is 14.2. The molecule has 0 fully saturated rings. The first-order valence-corrected chi connectivity index (χ1v) is 8.00. The quantitative estimate of drug-likeness (QED) is 0.682. The standard InChI is InChI=1S/C18H15BrFN/c19-12-5-1-4-11(10-12)17-14-7-2-6-13(14)15-8-3-9-16(20)18(15)21-17/h1-6,8-10,13-14,17,21H,7H2/t13-,14+,17-/m1/s1. The number of allylic oxidation sites excluding steroid dienone is 2. The highest BCUT2D eigenvalue weighted by molar-refractivity contribution is 9.10. The molecular formula is C18H15BrFN. The molecule has 0 spiro atoms. The second-order valence-corrected chi connectivity index (χ2v) is 6.65. The Morgan fingerprint density at radius 1 is 1.14 bits per heavy atom. The van der Waals surface area contributed by atoms with Gasteiger partial charge < -0.3 is 5.32 Å². The molecule has 0 unspecified atom stereocenters. The molecule has 1 aliphatic heterocycles. The van der Waals surface area contributed by atoms with Crippen LogP contribution in [0, 0.1) is 11.7 Å². The molecule has 4 rings (SSSR count). The summed E-state index contributed by atoms with van der Waals surface area (Å²) in [5, 5.41) is 3.44. The van der Waals surface area contributed by atoms with Crippen molar-refractivity contribution in [3.05, 3.63) is 76.0 Å². The molecule has 1 N–H and O–H groups in total. The fourth-order valence-electron chi connectivity index (χ4n) is 3.61. The third-order valence-electron chi connectivity index (χ3n) is 4.55. The molecule has 3 atom stereocenters. The Morgan fingerprint density at radius 2 is 2.00 bits per heavy atom. The highest BCUT2D eigenvalue weighted by Gasteiger charge is 2.38. The summed E-state index contributed by atoms with van der Waals surface area (Å²) in [5.74, 6) is 0.598. The Labute approximate surface area is 132 Å². The van der Waals surface area contributed by atoms with E-state index in [0.29, 0.717) is 17.5 Å². The lowest BCUT2D eigenvalue weighted by Gasteiger charge is -2.37. The van der Waals surface area contributed by atoms with Crippen LogP contribution in [0.15, 0.2) is 59.1 Å². The van der Waals surface area contributed by atoms with E-state index in [1.165, 1.54) is 11.6 Å². The van der Waals surface area contributed by atoms with Gasteiger partial charge in [0.15, 0.2) is 0 Å². The van der Waals surface area contributed by atoms with E-state index in [4.69, 9.17) is 0 Å². The third-order valence-corrected chi connectivity index (χ3v) is 5.05. The van der Waals surface area contributed by atoms with E-state index in [1.54, 1.807) is 6.07 Å². The summed E-state index contributed by atoms with van der Waals surface area (Å²) < 4.78 is 15.3. The Kier molecular flexibility index (Phi) is 3.11. The molecule has 3 heteroatoms. The Bertz CT molecular complexity index is 725. The fourth-order valence-corrected chi connectivity index (χ4v) is 4.03. The zero-order chi connectivity index (χ0) is 14.4. The van der Waals surface area contributed by atoms with Crippen LogP contribution in [0.25, 0.3) is 0 Å². The van der Waals surface area contributed by atoms with Crippen molar-refractivity contribution in [3.8, 4) is 0 Å². The molecule has 2 aromatic carbocycles. The smallest absolute Gasteiger partial charge is 0.146 e. The second-order valence-electron chi connectivity index (χ2n) is 5.73. The van der Waals surface area contributed by atoms with Crippen LogP contribution in [-0.4, -0.2) is 0 Å². The van der Waals surface area contributed by atoms with Crippen LogP contribution in [0.2, 0.25) is 0 Å². The molecule has 1 aliphatic carbocycles. The first-order valence-electron chi connectivity index (χ1n) is 7.21. The van der Waals surface area contributed by atoms with Gasteiger partial charge in [0.05, 0.1) is 11.7 Å². The molecule has 106 valence electrons. The van der Waals surface area contributed by atoms with Gasteiger partial charge in [-0.15, -0.1) is 0 Å². The lowest BCUT2D eigenvalue weighted by molar-refractivity contribution is 0.420. The molecule has 0 saturated heterocycles. The zero-order valence-corrected chi connectivity index (χ0v) is 13.0. The lowest BCUT2D eigenvalue weighted by Crippen LogP contribution is -2.29. The average molecular weight is 344 g/mol. The van der Waals surface area contributed by atoms with Crippen LogP contribution < -0.4 is 5.32 Å². The van der Waals surface area contributed by atoms with Gasteiger partial charge in [-0.25, -0.2) is 4.39 Å². The number of rotatable bonds is 1. The van der Waals surface area contributed by atoms with E-state index in [0.717, 1.165) is 16.5 Å². The highest BCUT2D eigenvalue weighted by Crippen LogP contribution is 2.50. The summed E-state index contributed by atoms with van der Waals surface area (Å²) in [6, 6.07) is 13.8. The number of nitrogens with one attached hydrogen (secondary N) is 1. The maximum atomic E-state index is 14.2. The summed E-state index contributed by atoms with van der Waals surface area (Å²) in [7, 11) is 0. The summed E-state index contributed by atoms with van der Waals surface area (Å²) in [4.78, 5) is 0. The Hall–Kier alpha value is -1.61. The molecule has 1 nitrogen and oxygen atoms in total. The maximum Gasteiger partial charge on any atom is 0.146 e. The minimum Gasteiger partial charge on any atom is -0.375 e. The summed E-state index contributed by atoms with van der Waals surface area (Å²) in [5.41, 5.74) is 2.95. The second kappa shape index (κ2) is 4.99. The number of anilines is 1. The van der Waals surface area contributed by atoms with Crippen molar-refractivity contribution in [3.63, 3.8) is 0 Å². The van der Waals surface area contributed by atoms with Gasteiger partial charge >= 0.3 is 0 Å². The molecule has 0 aromatic heterocycles. The van der Waals surface area contributed by atoms with Crippen molar-refractivity contribution in [1.29, 1.82) is 0 Å². The zero-order valence-electron chi connectivity index (χ0n) is 11.4. The Morgan fingerprint density at radius 3 is 2.86 bits per heavy atom. The first-order chi connectivity index (χ1) is 10.2. The SMILES string of the molecule is Fc1cccc2c1N[C@H](c1cccc(Br)c1)[C@H]1CC=C[C@@H]21. The minimum absolute atomic E-state index is 0.145. The van der Waals surface area contributed by atoms with Gasteiger partial charge in [0.2, 0.25) is 0 Å². The van der Waals surface area contributed by atoms with Crippen molar-refractivity contribution in [2.45, 2.75) is 18.4 Å². The molecule has 0 amide bonds. The van der Waals surface area contributed by atoms with E-state index < -0.39 is 0 Å². The van der Waals surface area contributed by atoms with Crippen LogP contribution in [0.4, 0.5) is 10.1 Å². The van der Waals surface area contributed by atoms with Crippen LogP contribution >= 0.6 is 15.9 Å². The van der Waals surface area contributed by atoms with Gasteiger partial charge in [-0.1, -0.05) is 52.3 Å². The monoisotopic (exact) mass is 343 g/mol. The van der Waals surface area contributed by atoms with Crippen LogP contribution in [0.5, 0.6) is 0 Å². The van der Waals surface area contributed by atoms with E-state index in [9.17, 15) is 4.39 Å². The van der Waals surface area contributed by atoms with Gasteiger partial charge in [-0.3, -0.25) is 0 Å². The van der Waals surface area contributed by atoms with Gasteiger partial charge in [0.1, 0.15) is 5.82 Å². The van der Waals surface area contributed by atoms with Crippen LogP contribution in [0.1, 0.15) is 29.5 Å². The molecular weight excluding hydrogens is 329 g/mol. The third kappa shape index (κ3) is 2.11. The predicted octanol–water partition coefficient (Wildman–Crippen LogP) is 5.41. The van der Waals surface area contributed by atoms with E-state index in [1.807, 2.05) is 18.2 Å². The fraction of sp³-hybridized carbons (Fsp3) is 0.222. The van der Waals surface area contributed by atoms with Crippen molar-refractivity contribution < 1.29 is 4.39 Å². The highest BCUT2D eigenvalue weighted by atomic mass is 79.9. The largest absolute Gasteiger partial charge is 0.375 e. The minimum atomic E-state index is -0.161. The molecule has 21 heavy (non-hydrogen) atoms. The summed E-state index contributed by atoms with van der Waals surface area (Å²) in [6.45, 7) is 0. The van der Waals surface area contributed by atoms with Gasteiger partial charge in [0, 0.05) is 10.4 Å². The Balaban J connectivity index is 1.83. The molecule has 2 aliphatic rings. The van der Waals surface area contributed by atoms with Crippen molar-refractivity contribution in [2.24, 2.45) is 5.92 Å². The first kappa shape index (κ1) is 13.1. The van der Waals surface area contributed by atoms with Crippen molar-refractivity contribution in [2.75, 3.05) is 5.32 Å². The number of fused-ring (bicyclic) bond motifs is 3. The van der Waals surface area contributed by atoms with Crippen LogP contribution in [0.3, 0.4) is 0 Å². The molecule has 0 bridgehead atoms. The van der Waals surface area contributed by atoms with Crippen molar-refractivity contribution in [1.82, 2.24) is 0 Å². The van der Waals surface area contributed by atoms with Gasteiger partial charge in [-0.2, -0.15) is 0 Å². The average Bonchev–Trinajstić information content (AvgIpc) is 2.96. The normalized spacial score (nSPS) is 26.1. The summed E-state index contributed by atoms with van der Waals surface area (Å²) in [6.07, 6.45) is 5.49. The molecule has 0 radical (unpaired) electrons. The number of hydrogen-bond acceptors (Lipinski definition) is 1. The molecule has 0 saturated carbocycles. The van der Waals surface area contributed by atoms with Gasteiger partial charge in [0.25, 0.3) is 0 Å².